The number of benzene rings is 2. The summed E-state index contributed by atoms with van der Waals surface area (Å²) in [5.41, 5.74) is 1.12. The van der Waals surface area contributed by atoms with Gasteiger partial charge >= 0.3 is 5.97 Å². The molecule has 31 heavy (non-hydrogen) atoms. The number of aliphatic hydroxyl groups excluding tert-OH is 1. The zero-order valence-electron chi connectivity index (χ0n) is 16.7. The maximum atomic E-state index is 12.8. The summed E-state index contributed by atoms with van der Waals surface area (Å²) in [5, 5.41) is 18.8. The Morgan fingerprint density at radius 3 is 2.61 bits per heavy atom. The van der Waals surface area contributed by atoms with Crippen molar-refractivity contribution in [1.29, 1.82) is 0 Å². The third-order valence-corrected chi connectivity index (χ3v) is 6.92. The topological polar surface area (TPSA) is 131 Å². The van der Waals surface area contributed by atoms with E-state index in [-0.39, 0.29) is 23.8 Å². The molecule has 0 bridgehead atoms. The lowest BCUT2D eigenvalue weighted by Crippen LogP contribution is -2.46. The van der Waals surface area contributed by atoms with Gasteiger partial charge in [0.05, 0.1) is 31.1 Å². The summed E-state index contributed by atoms with van der Waals surface area (Å²) in [6, 6.07) is 11.0. The minimum atomic E-state index is -3.82. The molecule has 10 heteroatoms. The molecular weight excluding hydrogens is 426 g/mol. The highest BCUT2D eigenvalue weighted by atomic mass is 32.2. The van der Waals surface area contributed by atoms with Crippen molar-refractivity contribution in [3.63, 3.8) is 0 Å². The van der Waals surface area contributed by atoms with Gasteiger partial charge in [-0.1, -0.05) is 0 Å². The number of anilines is 1. The highest BCUT2D eigenvalue weighted by Gasteiger charge is 2.46. The molecule has 4 atom stereocenters. The van der Waals surface area contributed by atoms with Gasteiger partial charge in [0.2, 0.25) is 0 Å². The number of aliphatic carboxylic acids is 1. The van der Waals surface area contributed by atoms with Crippen molar-refractivity contribution in [2.24, 2.45) is 0 Å². The zero-order chi connectivity index (χ0) is 22.2. The summed E-state index contributed by atoms with van der Waals surface area (Å²) in [5.74, 6) is -0.0788. The molecule has 0 aliphatic carbocycles. The van der Waals surface area contributed by atoms with Crippen LogP contribution < -0.4 is 14.2 Å². The molecule has 4 rings (SSSR count). The van der Waals surface area contributed by atoms with Gasteiger partial charge in [0.25, 0.3) is 10.0 Å². The van der Waals surface area contributed by atoms with Crippen LogP contribution in [0.15, 0.2) is 47.4 Å². The van der Waals surface area contributed by atoms with E-state index in [1.807, 2.05) is 0 Å². The zero-order valence-corrected chi connectivity index (χ0v) is 17.5. The summed E-state index contributed by atoms with van der Waals surface area (Å²) in [7, 11) is -2.32. The summed E-state index contributed by atoms with van der Waals surface area (Å²) in [4.78, 5) is 11.2. The Labute approximate surface area is 179 Å². The Kier molecular flexibility index (Phi) is 5.78. The number of fused-ring (bicyclic) bond motifs is 3. The average molecular weight is 449 g/mol. The van der Waals surface area contributed by atoms with Gasteiger partial charge in [-0.05, 0) is 48.9 Å². The third kappa shape index (κ3) is 4.32. The first-order chi connectivity index (χ1) is 14.8. The molecule has 0 spiro atoms. The Bertz CT molecular complexity index is 1070. The highest BCUT2D eigenvalue weighted by molar-refractivity contribution is 7.92. The van der Waals surface area contributed by atoms with E-state index in [0.717, 1.165) is 5.56 Å². The van der Waals surface area contributed by atoms with Gasteiger partial charge in [0.1, 0.15) is 23.7 Å². The lowest BCUT2D eigenvalue weighted by Gasteiger charge is -2.36. The summed E-state index contributed by atoms with van der Waals surface area (Å²) < 4.78 is 44.8. The number of carbonyl (C=O) groups is 1. The predicted octanol–water partition coefficient (Wildman–Crippen LogP) is 1.97. The van der Waals surface area contributed by atoms with Crippen LogP contribution in [-0.4, -0.2) is 56.6 Å². The third-order valence-electron chi connectivity index (χ3n) is 5.52. The maximum Gasteiger partial charge on any atom is 0.305 e. The fourth-order valence-corrected chi connectivity index (χ4v) is 5.17. The normalized spacial score (nSPS) is 24.6. The Morgan fingerprint density at radius 2 is 1.97 bits per heavy atom. The number of hydrogen-bond acceptors (Lipinski definition) is 7. The Hall–Kier alpha value is -2.82. The largest absolute Gasteiger partial charge is 0.497 e. The first-order valence-electron chi connectivity index (χ1n) is 9.76. The quantitative estimate of drug-likeness (QED) is 0.585. The maximum absolute atomic E-state index is 12.8. The van der Waals surface area contributed by atoms with Gasteiger partial charge in [-0.2, -0.15) is 0 Å². The first-order valence-corrected chi connectivity index (χ1v) is 11.2. The molecule has 166 valence electrons. The van der Waals surface area contributed by atoms with Crippen LogP contribution in [0, 0.1) is 0 Å². The number of aliphatic hydroxyl groups is 1. The number of methoxy groups -OCH3 is 1. The van der Waals surface area contributed by atoms with E-state index in [1.165, 1.54) is 19.2 Å². The van der Waals surface area contributed by atoms with Crippen LogP contribution in [0.5, 0.6) is 11.5 Å². The van der Waals surface area contributed by atoms with Crippen molar-refractivity contribution in [1.82, 2.24) is 0 Å². The highest BCUT2D eigenvalue weighted by Crippen LogP contribution is 2.47. The second-order valence-corrected chi connectivity index (χ2v) is 9.22. The van der Waals surface area contributed by atoms with E-state index < -0.39 is 34.3 Å². The number of carboxylic acid groups (broad SMARTS) is 1. The molecule has 9 nitrogen and oxygen atoms in total. The molecule has 0 amide bonds. The van der Waals surface area contributed by atoms with Crippen LogP contribution in [0.2, 0.25) is 0 Å². The smallest absolute Gasteiger partial charge is 0.305 e. The van der Waals surface area contributed by atoms with Crippen molar-refractivity contribution in [3.05, 3.63) is 48.0 Å². The van der Waals surface area contributed by atoms with Gasteiger partial charge in [-0.3, -0.25) is 9.52 Å². The van der Waals surface area contributed by atoms with Gasteiger partial charge in [-0.25, -0.2) is 8.42 Å². The monoisotopic (exact) mass is 449 g/mol. The minimum Gasteiger partial charge on any atom is -0.497 e. The van der Waals surface area contributed by atoms with Crippen LogP contribution in [-0.2, 0) is 19.6 Å². The number of nitrogens with one attached hydrogen (secondary N) is 1. The van der Waals surface area contributed by atoms with Crippen LogP contribution in [0.1, 0.15) is 24.3 Å². The van der Waals surface area contributed by atoms with Gasteiger partial charge in [0, 0.05) is 17.2 Å². The van der Waals surface area contributed by atoms with E-state index in [2.05, 4.69) is 4.72 Å². The van der Waals surface area contributed by atoms with Gasteiger partial charge in [-0.15, -0.1) is 0 Å². The number of carboxylic acids is 1. The number of rotatable bonds is 7. The molecule has 2 aromatic rings. The molecular formula is C21H23NO8S. The molecule has 2 aromatic carbocycles. The van der Waals surface area contributed by atoms with Crippen molar-refractivity contribution < 1.29 is 37.6 Å². The van der Waals surface area contributed by atoms with Crippen LogP contribution in [0.3, 0.4) is 0 Å². The van der Waals surface area contributed by atoms with Crippen molar-refractivity contribution in [3.8, 4) is 11.5 Å². The lowest BCUT2D eigenvalue weighted by atomic mass is 9.84. The summed E-state index contributed by atoms with van der Waals surface area (Å²) in [6.45, 7) is -0.303. The van der Waals surface area contributed by atoms with E-state index >= 15 is 0 Å². The molecule has 2 heterocycles. The summed E-state index contributed by atoms with van der Waals surface area (Å²) >= 11 is 0. The number of hydrogen-bond donors (Lipinski definition) is 3. The van der Waals surface area contributed by atoms with E-state index in [0.29, 0.717) is 23.6 Å². The van der Waals surface area contributed by atoms with E-state index in [4.69, 9.17) is 19.3 Å². The van der Waals surface area contributed by atoms with Gasteiger partial charge in [0.15, 0.2) is 0 Å². The molecule has 1 fully saturated rings. The Balaban J connectivity index is 1.58. The van der Waals surface area contributed by atoms with Crippen LogP contribution in [0.4, 0.5) is 5.69 Å². The van der Waals surface area contributed by atoms with E-state index in [9.17, 15) is 18.3 Å². The predicted molar refractivity (Wildman–Crippen MR) is 110 cm³/mol. The molecule has 2 aliphatic heterocycles. The second-order valence-electron chi connectivity index (χ2n) is 7.54. The fraction of sp³-hybridized carbons (Fsp3) is 0.381. The van der Waals surface area contributed by atoms with Crippen molar-refractivity contribution in [2.45, 2.75) is 42.0 Å². The summed E-state index contributed by atoms with van der Waals surface area (Å²) in [6.07, 6.45) is -1.47. The average Bonchev–Trinajstić information content (AvgIpc) is 3.10. The molecule has 3 N–H and O–H groups in total. The Morgan fingerprint density at radius 1 is 1.23 bits per heavy atom. The fourth-order valence-electron chi connectivity index (χ4n) is 4.12. The second kappa shape index (κ2) is 8.37. The number of sulfonamides is 1. The molecule has 0 unspecified atom stereocenters. The lowest BCUT2D eigenvalue weighted by molar-refractivity contribution is -0.153. The van der Waals surface area contributed by atoms with E-state index in [1.54, 1.807) is 30.3 Å². The SMILES string of the molecule is COc1ccc(S(=O)(=O)Nc2ccc3c(c2)[C@H]2C[C@H](CC(=O)O)O[C@@H](CO)[C@H]2O3)cc1. The standard InChI is InChI=1S/C21H23NO8S/c1-28-13-3-5-15(6-4-13)31(26,27)22-12-2-7-18-16(8-12)17-9-14(10-20(24)25)29-19(11-23)21(17)30-18/h2-8,14,17,19,21-23H,9-11H2,1H3,(H,24,25)/t14-,17-,19+,21+/m1/s1. The number of ether oxygens (including phenoxy) is 3. The van der Waals surface area contributed by atoms with Gasteiger partial charge < -0.3 is 24.4 Å². The van der Waals surface area contributed by atoms with Crippen molar-refractivity contribution >= 4 is 21.7 Å². The minimum absolute atomic E-state index is 0.0934. The molecule has 0 saturated carbocycles. The molecule has 0 aromatic heterocycles. The van der Waals surface area contributed by atoms with Crippen LogP contribution in [0.25, 0.3) is 0 Å². The van der Waals surface area contributed by atoms with Crippen molar-refractivity contribution in [2.75, 3.05) is 18.4 Å². The van der Waals surface area contributed by atoms with Crippen LogP contribution >= 0.6 is 0 Å². The molecule has 0 radical (unpaired) electrons. The molecule has 1 saturated heterocycles. The molecule has 2 aliphatic rings. The first kappa shape index (κ1) is 21.4.